The lowest BCUT2D eigenvalue weighted by atomic mass is 9.97. The lowest BCUT2D eigenvalue weighted by Crippen LogP contribution is -2.21. The van der Waals surface area contributed by atoms with Gasteiger partial charge in [-0.05, 0) is 44.7 Å². The molecule has 0 radical (unpaired) electrons. The number of hydrogen-bond donors (Lipinski definition) is 1. The number of carbonyl (C=O) groups excluding carboxylic acids is 1. The second kappa shape index (κ2) is 5.74. The Bertz CT molecular complexity index is 453. The van der Waals surface area contributed by atoms with Gasteiger partial charge in [-0.2, -0.15) is 0 Å². The van der Waals surface area contributed by atoms with Crippen molar-refractivity contribution in [2.45, 2.75) is 45.1 Å². The highest BCUT2D eigenvalue weighted by atomic mass is 79.9. The summed E-state index contributed by atoms with van der Waals surface area (Å²) in [6, 6.07) is 3.56. The number of anilines is 1. The van der Waals surface area contributed by atoms with E-state index in [-0.39, 0.29) is 11.9 Å². The number of halogens is 1. The fourth-order valence-electron chi connectivity index (χ4n) is 2.36. The summed E-state index contributed by atoms with van der Waals surface area (Å²) in [5.41, 5.74) is 7.06. The maximum absolute atomic E-state index is 11.7. The van der Waals surface area contributed by atoms with Crippen molar-refractivity contribution in [3.8, 4) is 5.75 Å². The molecular weight excluding hydrogens is 294 g/mol. The Morgan fingerprint density at radius 2 is 2.00 bits per heavy atom. The number of nitrogens with two attached hydrogens (primary N) is 1. The number of nitrogen functional groups attached to an aromatic ring is 1. The number of benzene rings is 1. The number of Topliss-reactive ketones (excluding diaryl/α,β-unsaturated/α-hetero) is 1. The average Bonchev–Trinajstić information content (AvgIpc) is 2.33. The third kappa shape index (κ3) is 3.05. The molecule has 98 valence electrons. The number of carbonyl (C=O) groups is 1. The van der Waals surface area contributed by atoms with Gasteiger partial charge in [-0.15, -0.1) is 0 Å². The summed E-state index contributed by atoms with van der Waals surface area (Å²) < 4.78 is 6.77. The summed E-state index contributed by atoms with van der Waals surface area (Å²) in [6.07, 6.45) is 5.95. The van der Waals surface area contributed by atoms with Crippen LogP contribution in [0.25, 0.3) is 0 Å². The Balaban J connectivity index is 2.27. The van der Waals surface area contributed by atoms with E-state index >= 15 is 0 Å². The third-order valence-electron chi connectivity index (χ3n) is 3.30. The standard InChI is InChI=1S/C14H18BrNO2/c1-9(17)12-7-10(15)8-13(16)14(12)18-11-5-3-2-4-6-11/h7-8,11H,2-6,16H2,1H3. The fraction of sp³-hybridized carbons (Fsp3) is 0.500. The Morgan fingerprint density at radius 1 is 1.33 bits per heavy atom. The first-order valence-electron chi connectivity index (χ1n) is 6.34. The van der Waals surface area contributed by atoms with Crippen LogP contribution in [0.15, 0.2) is 16.6 Å². The van der Waals surface area contributed by atoms with Crippen molar-refractivity contribution in [1.29, 1.82) is 0 Å². The molecule has 0 unspecified atom stereocenters. The second-order valence-electron chi connectivity index (χ2n) is 4.81. The molecule has 0 bridgehead atoms. The van der Waals surface area contributed by atoms with E-state index < -0.39 is 0 Å². The van der Waals surface area contributed by atoms with Gasteiger partial charge < -0.3 is 10.5 Å². The minimum atomic E-state index is -0.0196. The van der Waals surface area contributed by atoms with Gasteiger partial charge in [0.1, 0.15) is 0 Å². The van der Waals surface area contributed by atoms with Crippen LogP contribution in [-0.2, 0) is 0 Å². The van der Waals surface area contributed by atoms with Crippen LogP contribution in [0.3, 0.4) is 0 Å². The normalized spacial score (nSPS) is 16.6. The maximum atomic E-state index is 11.7. The zero-order valence-electron chi connectivity index (χ0n) is 10.5. The zero-order chi connectivity index (χ0) is 13.1. The van der Waals surface area contributed by atoms with Crippen LogP contribution in [0.5, 0.6) is 5.75 Å². The van der Waals surface area contributed by atoms with Gasteiger partial charge in [0.25, 0.3) is 0 Å². The van der Waals surface area contributed by atoms with Gasteiger partial charge >= 0.3 is 0 Å². The predicted molar refractivity (Wildman–Crippen MR) is 76.1 cm³/mol. The molecule has 1 aliphatic carbocycles. The van der Waals surface area contributed by atoms with Crippen LogP contribution >= 0.6 is 15.9 Å². The lowest BCUT2D eigenvalue weighted by Gasteiger charge is -2.25. The molecule has 2 rings (SSSR count). The van der Waals surface area contributed by atoms with E-state index in [1.807, 2.05) is 0 Å². The van der Waals surface area contributed by atoms with Gasteiger partial charge in [0.05, 0.1) is 17.4 Å². The average molecular weight is 312 g/mol. The van der Waals surface area contributed by atoms with E-state index in [2.05, 4.69) is 15.9 Å². The van der Waals surface area contributed by atoms with Crippen LogP contribution < -0.4 is 10.5 Å². The molecule has 1 aromatic rings. The van der Waals surface area contributed by atoms with Crippen LogP contribution in [0.4, 0.5) is 5.69 Å². The van der Waals surface area contributed by atoms with E-state index in [1.54, 1.807) is 12.1 Å². The number of hydrogen-bond acceptors (Lipinski definition) is 3. The molecule has 1 saturated carbocycles. The minimum Gasteiger partial charge on any atom is -0.488 e. The molecule has 0 saturated heterocycles. The van der Waals surface area contributed by atoms with E-state index in [9.17, 15) is 4.79 Å². The van der Waals surface area contributed by atoms with Crippen molar-refractivity contribution in [3.63, 3.8) is 0 Å². The summed E-state index contributed by atoms with van der Waals surface area (Å²) in [5, 5.41) is 0. The van der Waals surface area contributed by atoms with Crippen molar-refractivity contribution >= 4 is 27.4 Å². The summed E-state index contributed by atoms with van der Waals surface area (Å²) in [5.74, 6) is 0.534. The number of rotatable bonds is 3. The molecule has 1 aromatic carbocycles. The first-order valence-corrected chi connectivity index (χ1v) is 7.14. The zero-order valence-corrected chi connectivity index (χ0v) is 12.1. The predicted octanol–water partition coefficient (Wildman–Crippen LogP) is 3.95. The van der Waals surface area contributed by atoms with Crippen LogP contribution in [0, 0.1) is 0 Å². The van der Waals surface area contributed by atoms with E-state index in [1.165, 1.54) is 26.2 Å². The fourth-order valence-corrected chi connectivity index (χ4v) is 2.83. The van der Waals surface area contributed by atoms with E-state index in [4.69, 9.17) is 10.5 Å². The van der Waals surface area contributed by atoms with Crippen molar-refractivity contribution < 1.29 is 9.53 Å². The monoisotopic (exact) mass is 311 g/mol. The quantitative estimate of drug-likeness (QED) is 0.679. The first-order chi connectivity index (χ1) is 8.58. The summed E-state index contributed by atoms with van der Waals surface area (Å²) in [6.45, 7) is 1.54. The Hall–Kier alpha value is -1.03. The summed E-state index contributed by atoms with van der Waals surface area (Å²) in [4.78, 5) is 11.7. The third-order valence-corrected chi connectivity index (χ3v) is 3.76. The SMILES string of the molecule is CC(=O)c1cc(Br)cc(N)c1OC1CCCCC1. The highest BCUT2D eigenvalue weighted by Gasteiger charge is 2.20. The van der Waals surface area contributed by atoms with Gasteiger partial charge in [-0.1, -0.05) is 22.4 Å². The van der Waals surface area contributed by atoms with Gasteiger partial charge in [0, 0.05) is 4.47 Å². The van der Waals surface area contributed by atoms with Crippen LogP contribution in [0.2, 0.25) is 0 Å². The number of ketones is 1. The summed E-state index contributed by atoms with van der Waals surface area (Å²) in [7, 11) is 0. The Labute approximate surface area is 116 Å². The van der Waals surface area contributed by atoms with Crippen molar-refractivity contribution in [1.82, 2.24) is 0 Å². The molecule has 0 aromatic heterocycles. The highest BCUT2D eigenvalue weighted by Crippen LogP contribution is 2.34. The molecule has 2 N–H and O–H groups in total. The van der Waals surface area contributed by atoms with E-state index in [0.717, 1.165) is 17.3 Å². The highest BCUT2D eigenvalue weighted by molar-refractivity contribution is 9.10. The van der Waals surface area contributed by atoms with Crippen molar-refractivity contribution in [2.75, 3.05) is 5.73 Å². The molecule has 1 aliphatic rings. The van der Waals surface area contributed by atoms with Crippen molar-refractivity contribution in [2.24, 2.45) is 0 Å². The topological polar surface area (TPSA) is 52.3 Å². The molecule has 0 spiro atoms. The molecule has 0 heterocycles. The molecule has 0 amide bonds. The molecule has 0 aliphatic heterocycles. The maximum Gasteiger partial charge on any atom is 0.163 e. The van der Waals surface area contributed by atoms with Gasteiger partial charge in [-0.3, -0.25) is 4.79 Å². The molecule has 3 nitrogen and oxygen atoms in total. The van der Waals surface area contributed by atoms with Crippen molar-refractivity contribution in [3.05, 3.63) is 22.2 Å². The molecule has 4 heteroatoms. The van der Waals surface area contributed by atoms with E-state index in [0.29, 0.717) is 17.0 Å². The largest absolute Gasteiger partial charge is 0.488 e. The molecular formula is C14H18BrNO2. The Morgan fingerprint density at radius 3 is 2.61 bits per heavy atom. The van der Waals surface area contributed by atoms with Gasteiger partial charge in [-0.25, -0.2) is 0 Å². The first kappa shape index (κ1) is 13.4. The lowest BCUT2D eigenvalue weighted by molar-refractivity contribution is 0.100. The second-order valence-corrected chi connectivity index (χ2v) is 5.72. The molecule has 0 atom stereocenters. The van der Waals surface area contributed by atoms with Crippen LogP contribution in [0.1, 0.15) is 49.4 Å². The summed E-state index contributed by atoms with van der Waals surface area (Å²) >= 11 is 3.35. The smallest absolute Gasteiger partial charge is 0.163 e. The van der Waals surface area contributed by atoms with Gasteiger partial charge in [0.15, 0.2) is 11.5 Å². The van der Waals surface area contributed by atoms with Gasteiger partial charge in [0.2, 0.25) is 0 Å². The molecule has 1 fully saturated rings. The Kier molecular flexibility index (Phi) is 4.27. The minimum absolute atomic E-state index is 0.0196. The number of ether oxygens (including phenoxy) is 1. The van der Waals surface area contributed by atoms with Crippen LogP contribution in [-0.4, -0.2) is 11.9 Å². The molecule has 18 heavy (non-hydrogen) atoms.